The van der Waals surface area contributed by atoms with Gasteiger partial charge in [0.15, 0.2) is 5.82 Å². The van der Waals surface area contributed by atoms with Gasteiger partial charge in [-0.3, -0.25) is 0 Å². The van der Waals surface area contributed by atoms with Crippen LogP contribution in [0.15, 0.2) is 40.9 Å². The Morgan fingerprint density at radius 3 is 2.68 bits per heavy atom. The van der Waals surface area contributed by atoms with Crippen molar-refractivity contribution >= 4 is 5.97 Å². The molecule has 0 aliphatic rings. The van der Waals surface area contributed by atoms with Gasteiger partial charge < -0.3 is 9.26 Å². The summed E-state index contributed by atoms with van der Waals surface area (Å²) in [5.74, 6) is 0.655. The third-order valence-corrected chi connectivity index (χ3v) is 2.44. The Morgan fingerprint density at radius 1 is 1.37 bits per heavy atom. The normalized spacial score (nSPS) is 10.8. The quantitative estimate of drug-likeness (QED) is 0.623. The molecule has 1 aromatic carbocycles. The van der Waals surface area contributed by atoms with Crippen molar-refractivity contribution in [2.24, 2.45) is 0 Å². The zero-order valence-electron chi connectivity index (χ0n) is 10.8. The van der Waals surface area contributed by atoms with Crippen LogP contribution in [0.1, 0.15) is 23.1 Å². The minimum absolute atomic E-state index is 0.278. The lowest BCUT2D eigenvalue weighted by Gasteiger charge is -2.02. The van der Waals surface area contributed by atoms with Crippen LogP contribution < -0.4 is 0 Å². The number of esters is 1. The van der Waals surface area contributed by atoms with Crippen molar-refractivity contribution in [3.8, 4) is 11.5 Å². The highest BCUT2D eigenvalue weighted by Crippen LogP contribution is 2.17. The first-order valence-electron chi connectivity index (χ1n) is 5.89. The molecule has 0 aliphatic carbocycles. The van der Waals surface area contributed by atoms with Gasteiger partial charge >= 0.3 is 5.97 Å². The van der Waals surface area contributed by atoms with Gasteiger partial charge in [0.25, 0.3) is 5.89 Å². The SMILES string of the molecule is C/C=C/COC(=O)c1ccc(-c2nc(C)no2)cc1. The summed E-state index contributed by atoms with van der Waals surface area (Å²) in [4.78, 5) is 15.8. The summed E-state index contributed by atoms with van der Waals surface area (Å²) in [6.45, 7) is 3.90. The van der Waals surface area contributed by atoms with E-state index in [1.807, 2.05) is 13.0 Å². The molecule has 1 aromatic heterocycles. The maximum Gasteiger partial charge on any atom is 0.338 e. The summed E-state index contributed by atoms with van der Waals surface area (Å²) in [7, 11) is 0. The van der Waals surface area contributed by atoms with E-state index in [-0.39, 0.29) is 12.6 Å². The zero-order valence-corrected chi connectivity index (χ0v) is 10.8. The number of hydrogen-bond acceptors (Lipinski definition) is 5. The van der Waals surface area contributed by atoms with Gasteiger partial charge in [0.1, 0.15) is 6.61 Å². The number of allylic oxidation sites excluding steroid dienone is 1. The molecule has 98 valence electrons. The highest BCUT2D eigenvalue weighted by molar-refractivity contribution is 5.89. The van der Waals surface area contributed by atoms with Crippen molar-refractivity contribution in [1.29, 1.82) is 0 Å². The van der Waals surface area contributed by atoms with E-state index in [0.29, 0.717) is 17.3 Å². The lowest BCUT2D eigenvalue weighted by atomic mass is 10.1. The van der Waals surface area contributed by atoms with E-state index in [0.717, 1.165) is 5.56 Å². The van der Waals surface area contributed by atoms with Crippen LogP contribution in [-0.4, -0.2) is 22.7 Å². The number of hydrogen-bond donors (Lipinski definition) is 0. The molecule has 2 rings (SSSR count). The Bertz CT molecular complexity index is 585. The molecule has 0 unspecified atom stereocenters. The lowest BCUT2D eigenvalue weighted by Crippen LogP contribution is -2.04. The molecule has 5 nitrogen and oxygen atoms in total. The average Bonchev–Trinajstić information content (AvgIpc) is 2.86. The standard InChI is InChI=1S/C14H14N2O3/c1-3-4-9-18-14(17)12-7-5-11(6-8-12)13-15-10(2)16-19-13/h3-8H,9H2,1-2H3/b4-3+. The molecular weight excluding hydrogens is 244 g/mol. The van der Waals surface area contributed by atoms with Crippen molar-refractivity contribution in [2.45, 2.75) is 13.8 Å². The third kappa shape index (κ3) is 3.28. The first-order valence-corrected chi connectivity index (χ1v) is 5.89. The van der Waals surface area contributed by atoms with Crippen LogP contribution in [-0.2, 0) is 4.74 Å². The van der Waals surface area contributed by atoms with Crippen LogP contribution >= 0.6 is 0 Å². The van der Waals surface area contributed by atoms with Crippen molar-refractivity contribution in [1.82, 2.24) is 10.1 Å². The average molecular weight is 258 g/mol. The Hall–Kier alpha value is -2.43. The van der Waals surface area contributed by atoms with E-state index in [1.165, 1.54) is 0 Å². The van der Waals surface area contributed by atoms with Gasteiger partial charge in [-0.1, -0.05) is 17.3 Å². The fourth-order valence-electron chi connectivity index (χ4n) is 1.47. The number of carbonyl (C=O) groups excluding carboxylic acids is 1. The fourth-order valence-corrected chi connectivity index (χ4v) is 1.47. The van der Waals surface area contributed by atoms with Crippen molar-refractivity contribution in [3.05, 3.63) is 47.8 Å². The van der Waals surface area contributed by atoms with Crippen LogP contribution in [0.2, 0.25) is 0 Å². The number of carbonyl (C=O) groups is 1. The molecule has 2 aromatic rings. The van der Waals surface area contributed by atoms with E-state index in [9.17, 15) is 4.79 Å². The minimum atomic E-state index is -0.355. The van der Waals surface area contributed by atoms with Crippen LogP contribution in [0, 0.1) is 6.92 Å². The van der Waals surface area contributed by atoms with E-state index in [2.05, 4.69) is 10.1 Å². The Morgan fingerprint density at radius 2 is 2.11 bits per heavy atom. The number of rotatable bonds is 4. The molecule has 0 amide bonds. The summed E-state index contributed by atoms with van der Waals surface area (Å²) in [5, 5.41) is 3.72. The molecular formula is C14H14N2O3. The third-order valence-electron chi connectivity index (χ3n) is 2.44. The molecule has 19 heavy (non-hydrogen) atoms. The van der Waals surface area contributed by atoms with Crippen molar-refractivity contribution in [3.63, 3.8) is 0 Å². The minimum Gasteiger partial charge on any atom is -0.458 e. The van der Waals surface area contributed by atoms with Gasteiger partial charge in [-0.2, -0.15) is 4.98 Å². The molecule has 0 saturated heterocycles. The predicted molar refractivity (Wildman–Crippen MR) is 69.6 cm³/mol. The van der Waals surface area contributed by atoms with Gasteiger partial charge in [-0.25, -0.2) is 4.79 Å². The molecule has 0 fully saturated rings. The maximum absolute atomic E-state index is 11.7. The molecule has 5 heteroatoms. The van der Waals surface area contributed by atoms with E-state index >= 15 is 0 Å². The second kappa shape index (κ2) is 5.95. The largest absolute Gasteiger partial charge is 0.458 e. The Balaban J connectivity index is 2.08. The molecule has 0 saturated carbocycles. The van der Waals surface area contributed by atoms with Gasteiger partial charge in [-0.05, 0) is 38.1 Å². The van der Waals surface area contributed by atoms with Gasteiger partial charge in [0.2, 0.25) is 0 Å². The monoisotopic (exact) mass is 258 g/mol. The van der Waals surface area contributed by atoms with Crippen LogP contribution in [0.4, 0.5) is 0 Å². The Labute approximate surface area is 110 Å². The van der Waals surface area contributed by atoms with Crippen LogP contribution in [0.25, 0.3) is 11.5 Å². The summed E-state index contributed by atoms with van der Waals surface area (Å²) in [6, 6.07) is 6.85. The highest BCUT2D eigenvalue weighted by Gasteiger charge is 2.09. The van der Waals surface area contributed by atoms with Crippen LogP contribution in [0.5, 0.6) is 0 Å². The predicted octanol–water partition coefficient (Wildman–Crippen LogP) is 2.78. The molecule has 0 radical (unpaired) electrons. The lowest BCUT2D eigenvalue weighted by molar-refractivity contribution is 0.0549. The number of nitrogens with zero attached hydrogens (tertiary/aromatic N) is 2. The summed E-state index contributed by atoms with van der Waals surface area (Å²) < 4.78 is 10.1. The van der Waals surface area contributed by atoms with E-state index in [4.69, 9.17) is 9.26 Å². The summed E-state index contributed by atoms with van der Waals surface area (Å²) in [5.41, 5.74) is 1.26. The topological polar surface area (TPSA) is 65.2 Å². The first-order chi connectivity index (χ1) is 9.20. The summed E-state index contributed by atoms with van der Waals surface area (Å²) in [6.07, 6.45) is 3.60. The molecule has 0 atom stereocenters. The molecule has 0 N–H and O–H groups in total. The van der Waals surface area contributed by atoms with Gasteiger partial charge in [-0.15, -0.1) is 0 Å². The van der Waals surface area contributed by atoms with E-state index < -0.39 is 0 Å². The second-order valence-electron chi connectivity index (χ2n) is 3.89. The molecule has 0 bridgehead atoms. The second-order valence-corrected chi connectivity index (χ2v) is 3.89. The van der Waals surface area contributed by atoms with Gasteiger partial charge in [0, 0.05) is 5.56 Å². The number of ether oxygens (including phenoxy) is 1. The molecule has 1 heterocycles. The van der Waals surface area contributed by atoms with Crippen LogP contribution in [0.3, 0.4) is 0 Å². The summed E-state index contributed by atoms with van der Waals surface area (Å²) >= 11 is 0. The van der Waals surface area contributed by atoms with Gasteiger partial charge in [0.05, 0.1) is 5.56 Å². The molecule has 0 aliphatic heterocycles. The fraction of sp³-hybridized carbons (Fsp3) is 0.214. The number of benzene rings is 1. The Kier molecular flexibility index (Phi) is 4.07. The number of aryl methyl sites for hydroxylation is 1. The molecule has 0 spiro atoms. The number of aromatic nitrogens is 2. The highest BCUT2D eigenvalue weighted by atomic mass is 16.5. The first kappa shape index (κ1) is 13.0. The van der Waals surface area contributed by atoms with E-state index in [1.54, 1.807) is 37.3 Å². The zero-order chi connectivity index (χ0) is 13.7. The van der Waals surface area contributed by atoms with Crippen molar-refractivity contribution < 1.29 is 14.1 Å². The maximum atomic E-state index is 11.7. The smallest absolute Gasteiger partial charge is 0.338 e. The van der Waals surface area contributed by atoms with Crippen molar-refractivity contribution in [2.75, 3.05) is 6.61 Å².